The van der Waals surface area contributed by atoms with E-state index < -0.39 is 0 Å². The number of carbonyl (C=O) groups excluding carboxylic acids is 1. The molecule has 20 heavy (non-hydrogen) atoms. The number of nitrogen functional groups attached to an aromatic ring is 1. The Hall–Kier alpha value is -1.01. The molecule has 2 rings (SSSR count). The van der Waals surface area contributed by atoms with Gasteiger partial charge in [-0.15, -0.1) is 0 Å². The minimum atomic E-state index is -0.0982. The van der Waals surface area contributed by atoms with Gasteiger partial charge in [0, 0.05) is 38.3 Å². The number of rotatable bonds is 3. The molecule has 0 atom stereocenters. The highest BCUT2D eigenvalue weighted by atomic mass is 35.5. The van der Waals surface area contributed by atoms with Gasteiger partial charge in [0.15, 0.2) is 0 Å². The number of piperazine rings is 1. The van der Waals surface area contributed by atoms with Crippen molar-refractivity contribution in [1.82, 2.24) is 9.80 Å². The van der Waals surface area contributed by atoms with E-state index in [2.05, 4.69) is 4.90 Å². The summed E-state index contributed by atoms with van der Waals surface area (Å²) in [6.07, 6.45) is 0. The van der Waals surface area contributed by atoms with Gasteiger partial charge in [0.05, 0.1) is 22.3 Å². The molecule has 1 aliphatic rings. The Balaban J connectivity index is 2.06. The molecule has 0 spiro atoms. The summed E-state index contributed by atoms with van der Waals surface area (Å²) in [4.78, 5) is 16.3. The molecule has 1 aliphatic heterocycles. The van der Waals surface area contributed by atoms with Crippen LogP contribution in [-0.4, -0.2) is 60.1 Å². The minimum absolute atomic E-state index is 0.0982. The van der Waals surface area contributed by atoms with Crippen molar-refractivity contribution < 1.29 is 9.90 Å². The van der Waals surface area contributed by atoms with Crippen LogP contribution in [0.4, 0.5) is 5.69 Å². The summed E-state index contributed by atoms with van der Waals surface area (Å²) in [6.45, 7) is 3.53. The third-order valence-electron chi connectivity index (χ3n) is 3.38. The maximum atomic E-state index is 12.4. The monoisotopic (exact) mass is 317 g/mol. The molecule has 1 heterocycles. The average Bonchev–Trinajstić information content (AvgIpc) is 2.44. The van der Waals surface area contributed by atoms with Crippen molar-refractivity contribution in [2.45, 2.75) is 0 Å². The largest absolute Gasteiger partial charge is 0.397 e. The average molecular weight is 318 g/mol. The fourth-order valence-electron chi connectivity index (χ4n) is 2.23. The summed E-state index contributed by atoms with van der Waals surface area (Å²) < 4.78 is 0. The Morgan fingerprint density at radius 2 is 1.90 bits per heavy atom. The van der Waals surface area contributed by atoms with Crippen molar-refractivity contribution in [3.05, 3.63) is 27.7 Å². The third-order valence-corrected chi connectivity index (χ3v) is 4.20. The van der Waals surface area contributed by atoms with Crippen LogP contribution in [0.5, 0.6) is 0 Å². The second-order valence-corrected chi connectivity index (χ2v) is 5.50. The second kappa shape index (κ2) is 6.63. The van der Waals surface area contributed by atoms with E-state index in [1.807, 2.05) is 0 Å². The van der Waals surface area contributed by atoms with Gasteiger partial charge >= 0.3 is 0 Å². The van der Waals surface area contributed by atoms with Crippen LogP contribution in [0.3, 0.4) is 0 Å². The number of nitrogens with zero attached hydrogens (tertiary/aromatic N) is 2. The molecular formula is C13H17Cl2N3O2. The van der Waals surface area contributed by atoms with E-state index in [0.29, 0.717) is 30.9 Å². The van der Waals surface area contributed by atoms with Gasteiger partial charge in [0.1, 0.15) is 0 Å². The highest BCUT2D eigenvalue weighted by Crippen LogP contribution is 2.29. The number of carbonyl (C=O) groups is 1. The number of hydrogen-bond acceptors (Lipinski definition) is 4. The van der Waals surface area contributed by atoms with Crippen LogP contribution in [-0.2, 0) is 0 Å². The highest BCUT2D eigenvalue weighted by molar-refractivity contribution is 6.43. The molecule has 5 nitrogen and oxygen atoms in total. The number of hydrogen-bond donors (Lipinski definition) is 2. The first-order valence-corrected chi connectivity index (χ1v) is 7.15. The van der Waals surface area contributed by atoms with Crippen LogP contribution >= 0.6 is 23.2 Å². The van der Waals surface area contributed by atoms with E-state index in [1.165, 1.54) is 0 Å². The van der Waals surface area contributed by atoms with Crippen LogP contribution in [0.1, 0.15) is 10.4 Å². The molecule has 1 saturated heterocycles. The molecule has 1 aromatic carbocycles. The molecule has 0 radical (unpaired) electrons. The lowest BCUT2D eigenvalue weighted by Gasteiger charge is -2.34. The lowest BCUT2D eigenvalue weighted by molar-refractivity contribution is 0.0615. The summed E-state index contributed by atoms with van der Waals surface area (Å²) >= 11 is 11.8. The first kappa shape index (κ1) is 15.4. The van der Waals surface area contributed by atoms with Gasteiger partial charge < -0.3 is 15.7 Å². The molecule has 7 heteroatoms. The summed E-state index contributed by atoms with van der Waals surface area (Å²) in [6, 6.07) is 3.10. The van der Waals surface area contributed by atoms with Gasteiger partial charge in [-0.1, -0.05) is 23.2 Å². The second-order valence-electron chi connectivity index (χ2n) is 4.72. The number of benzene rings is 1. The molecule has 0 saturated carbocycles. The van der Waals surface area contributed by atoms with Gasteiger partial charge in [-0.05, 0) is 12.1 Å². The lowest BCUT2D eigenvalue weighted by atomic mass is 10.1. The van der Waals surface area contributed by atoms with Crippen LogP contribution in [0, 0.1) is 0 Å². The number of nitrogens with two attached hydrogens (primary N) is 1. The quantitative estimate of drug-likeness (QED) is 0.825. The number of aliphatic hydroxyl groups excluding tert-OH is 1. The number of amides is 1. The number of anilines is 1. The molecule has 3 N–H and O–H groups in total. The molecular weight excluding hydrogens is 301 g/mol. The predicted octanol–water partition coefficient (Wildman–Crippen LogP) is 1.33. The van der Waals surface area contributed by atoms with E-state index in [4.69, 9.17) is 34.0 Å². The van der Waals surface area contributed by atoms with Crippen molar-refractivity contribution in [1.29, 1.82) is 0 Å². The predicted molar refractivity (Wildman–Crippen MR) is 80.3 cm³/mol. The number of β-amino-alcohol motifs (C(OH)–C–C–N with tert-alkyl or cyclic N) is 1. The summed E-state index contributed by atoms with van der Waals surface area (Å²) in [5.41, 5.74) is 6.49. The van der Waals surface area contributed by atoms with Gasteiger partial charge in [0.25, 0.3) is 5.91 Å². The Kier molecular flexibility index (Phi) is 5.10. The first-order chi connectivity index (χ1) is 9.52. The molecule has 0 bridgehead atoms. The van der Waals surface area contributed by atoms with E-state index in [9.17, 15) is 4.79 Å². The van der Waals surface area contributed by atoms with E-state index in [0.717, 1.165) is 13.1 Å². The molecule has 1 aromatic rings. The molecule has 1 amide bonds. The Morgan fingerprint density at radius 1 is 1.25 bits per heavy atom. The van der Waals surface area contributed by atoms with Gasteiger partial charge in [-0.3, -0.25) is 9.69 Å². The smallest absolute Gasteiger partial charge is 0.254 e. The molecule has 0 aliphatic carbocycles. The Labute approximate surface area is 127 Å². The van der Waals surface area contributed by atoms with E-state index >= 15 is 0 Å². The number of halogens is 2. The Morgan fingerprint density at radius 3 is 2.45 bits per heavy atom. The van der Waals surface area contributed by atoms with Crippen molar-refractivity contribution >= 4 is 34.8 Å². The van der Waals surface area contributed by atoms with Crippen LogP contribution < -0.4 is 5.73 Å². The van der Waals surface area contributed by atoms with Crippen molar-refractivity contribution in [3.63, 3.8) is 0 Å². The van der Waals surface area contributed by atoms with Crippen molar-refractivity contribution in [3.8, 4) is 0 Å². The zero-order valence-electron chi connectivity index (χ0n) is 11.0. The summed E-state index contributed by atoms with van der Waals surface area (Å²) in [7, 11) is 0. The normalized spacial score (nSPS) is 16.4. The van der Waals surface area contributed by atoms with Crippen LogP contribution in [0.15, 0.2) is 12.1 Å². The van der Waals surface area contributed by atoms with Crippen LogP contribution in [0.25, 0.3) is 0 Å². The van der Waals surface area contributed by atoms with Gasteiger partial charge in [-0.25, -0.2) is 0 Å². The molecule has 1 fully saturated rings. The van der Waals surface area contributed by atoms with Crippen molar-refractivity contribution in [2.24, 2.45) is 0 Å². The van der Waals surface area contributed by atoms with E-state index in [-0.39, 0.29) is 22.6 Å². The van der Waals surface area contributed by atoms with Crippen LogP contribution in [0.2, 0.25) is 10.0 Å². The maximum absolute atomic E-state index is 12.4. The summed E-state index contributed by atoms with van der Waals surface area (Å²) in [5.74, 6) is -0.0982. The third kappa shape index (κ3) is 3.35. The first-order valence-electron chi connectivity index (χ1n) is 6.40. The Bertz CT molecular complexity index is 479. The maximum Gasteiger partial charge on any atom is 0.254 e. The molecule has 0 aromatic heterocycles. The van der Waals surface area contributed by atoms with Gasteiger partial charge in [0.2, 0.25) is 0 Å². The lowest BCUT2D eigenvalue weighted by Crippen LogP contribution is -2.49. The number of aliphatic hydroxyl groups is 1. The van der Waals surface area contributed by atoms with E-state index in [1.54, 1.807) is 17.0 Å². The fraction of sp³-hybridized carbons (Fsp3) is 0.462. The molecule has 0 unspecified atom stereocenters. The highest BCUT2D eigenvalue weighted by Gasteiger charge is 2.22. The SMILES string of the molecule is Nc1cc(C(=O)N2CCN(CCO)CC2)cc(Cl)c1Cl. The fourth-order valence-corrected chi connectivity index (χ4v) is 2.57. The summed E-state index contributed by atoms with van der Waals surface area (Å²) in [5, 5.41) is 9.46. The topological polar surface area (TPSA) is 69.8 Å². The minimum Gasteiger partial charge on any atom is -0.397 e. The standard InChI is InChI=1S/C13H17Cl2N3O2/c14-10-7-9(8-11(16)12(10)15)13(20)18-3-1-17(2-4-18)5-6-19/h7-8,19H,1-6,16H2. The zero-order valence-corrected chi connectivity index (χ0v) is 12.5. The zero-order chi connectivity index (χ0) is 14.7. The molecule has 110 valence electrons. The van der Waals surface area contributed by atoms with Crippen molar-refractivity contribution in [2.75, 3.05) is 45.1 Å². The van der Waals surface area contributed by atoms with Gasteiger partial charge in [-0.2, -0.15) is 0 Å².